The van der Waals surface area contributed by atoms with E-state index in [-0.39, 0.29) is 0 Å². The minimum absolute atomic E-state index is 0.506. The Morgan fingerprint density at radius 2 is 2.18 bits per heavy atom. The fraction of sp³-hybridized carbons (Fsp3) is 0.571. The molecule has 3 heteroatoms. The maximum Gasteiger partial charge on any atom is 0.0642 e. The van der Waals surface area contributed by atoms with Gasteiger partial charge >= 0.3 is 0 Å². The number of nitrogens with zero attached hydrogens (tertiary/aromatic N) is 1. The Balaban J connectivity index is 2.26. The number of halogens is 1. The molecule has 1 N–H and O–H groups in total. The van der Waals surface area contributed by atoms with Gasteiger partial charge in [0.15, 0.2) is 0 Å². The lowest BCUT2D eigenvalue weighted by atomic mass is 10.0. The molecule has 17 heavy (non-hydrogen) atoms. The summed E-state index contributed by atoms with van der Waals surface area (Å²) in [7, 11) is 0. The molecule has 1 unspecified atom stereocenters. The van der Waals surface area contributed by atoms with Crippen LogP contribution in [0, 0.1) is 0 Å². The summed E-state index contributed by atoms with van der Waals surface area (Å²) in [4.78, 5) is 2.39. The third-order valence-electron chi connectivity index (χ3n) is 3.45. The Morgan fingerprint density at radius 1 is 1.41 bits per heavy atom. The summed E-state index contributed by atoms with van der Waals surface area (Å²) in [6.07, 6.45) is 0. The molecule has 0 saturated carbocycles. The summed E-state index contributed by atoms with van der Waals surface area (Å²) in [6, 6.07) is 6.97. The molecule has 94 valence electrons. The van der Waals surface area contributed by atoms with Crippen molar-refractivity contribution in [2.75, 3.05) is 24.5 Å². The number of rotatable bonds is 2. The fourth-order valence-electron chi connectivity index (χ4n) is 2.31. The van der Waals surface area contributed by atoms with Crippen LogP contribution < -0.4 is 10.2 Å². The quantitative estimate of drug-likeness (QED) is 0.869. The van der Waals surface area contributed by atoms with E-state index in [1.807, 2.05) is 0 Å². The highest BCUT2D eigenvalue weighted by molar-refractivity contribution is 6.33. The van der Waals surface area contributed by atoms with Crippen molar-refractivity contribution in [3.8, 4) is 0 Å². The second kappa shape index (κ2) is 5.28. The lowest BCUT2D eigenvalue weighted by molar-refractivity contribution is 0.501. The first-order chi connectivity index (χ1) is 8.09. The summed E-state index contributed by atoms with van der Waals surface area (Å²) in [5.74, 6) is 0.530. The Bertz CT molecular complexity index is 390. The van der Waals surface area contributed by atoms with Crippen LogP contribution in [-0.4, -0.2) is 25.7 Å². The van der Waals surface area contributed by atoms with Gasteiger partial charge < -0.3 is 10.2 Å². The van der Waals surface area contributed by atoms with E-state index in [2.05, 4.69) is 49.2 Å². The standard InChI is InChI=1S/C14H21ClN2/c1-10(2)12-4-5-14(13(15)8-12)17-7-6-16-9-11(17)3/h4-5,8,10-11,16H,6-7,9H2,1-3H3. The van der Waals surface area contributed by atoms with Gasteiger partial charge in [-0.25, -0.2) is 0 Å². The number of hydrogen-bond acceptors (Lipinski definition) is 2. The van der Waals surface area contributed by atoms with Crippen molar-refractivity contribution in [1.29, 1.82) is 0 Å². The second-order valence-electron chi connectivity index (χ2n) is 5.11. The van der Waals surface area contributed by atoms with E-state index >= 15 is 0 Å². The highest BCUT2D eigenvalue weighted by Crippen LogP contribution is 2.31. The zero-order chi connectivity index (χ0) is 12.4. The average molecular weight is 253 g/mol. The maximum atomic E-state index is 6.41. The van der Waals surface area contributed by atoms with Crippen LogP contribution in [0.5, 0.6) is 0 Å². The summed E-state index contributed by atoms with van der Waals surface area (Å²) < 4.78 is 0. The Hall–Kier alpha value is -0.730. The number of hydrogen-bond donors (Lipinski definition) is 1. The molecule has 0 radical (unpaired) electrons. The molecular weight excluding hydrogens is 232 g/mol. The third kappa shape index (κ3) is 2.75. The van der Waals surface area contributed by atoms with Crippen LogP contribution in [0.3, 0.4) is 0 Å². The van der Waals surface area contributed by atoms with Crippen molar-refractivity contribution in [2.24, 2.45) is 0 Å². The molecule has 2 rings (SSSR count). The van der Waals surface area contributed by atoms with Gasteiger partial charge in [0.05, 0.1) is 10.7 Å². The van der Waals surface area contributed by atoms with Crippen LogP contribution in [0.2, 0.25) is 5.02 Å². The van der Waals surface area contributed by atoms with E-state index < -0.39 is 0 Å². The molecule has 1 aromatic carbocycles. The van der Waals surface area contributed by atoms with Crippen molar-refractivity contribution >= 4 is 17.3 Å². The first kappa shape index (κ1) is 12.7. The molecular formula is C14H21ClN2. The van der Waals surface area contributed by atoms with Gasteiger partial charge in [0.2, 0.25) is 0 Å². The number of benzene rings is 1. The van der Waals surface area contributed by atoms with Crippen molar-refractivity contribution in [1.82, 2.24) is 5.32 Å². The van der Waals surface area contributed by atoms with Crippen molar-refractivity contribution in [2.45, 2.75) is 32.7 Å². The van der Waals surface area contributed by atoms with E-state index in [0.29, 0.717) is 12.0 Å². The largest absolute Gasteiger partial charge is 0.365 e. The van der Waals surface area contributed by atoms with Crippen LogP contribution in [-0.2, 0) is 0 Å². The first-order valence-electron chi connectivity index (χ1n) is 6.36. The Labute approximate surface area is 109 Å². The minimum atomic E-state index is 0.506. The first-order valence-corrected chi connectivity index (χ1v) is 6.74. The molecule has 1 heterocycles. The predicted molar refractivity (Wildman–Crippen MR) is 75.2 cm³/mol. The van der Waals surface area contributed by atoms with Gasteiger partial charge in [-0.1, -0.05) is 31.5 Å². The Morgan fingerprint density at radius 3 is 2.76 bits per heavy atom. The van der Waals surface area contributed by atoms with E-state index in [9.17, 15) is 0 Å². The minimum Gasteiger partial charge on any atom is -0.365 e. The zero-order valence-corrected chi connectivity index (χ0v) is 11.6. The second-order valence-corrected chi connectivity index (χ2v) is 5.52. The van der Waals surface area contributed by atoms with Gasteiger partial charge in [0.25, 0.3) is 0 Å². The van der Waals surface area contributed by atoms with E-state index in [1.165, 1.54) is 11.3 Å². The highest BCUT2D eigenvalue weighted by Gasteiger charge is 2.20. The topological polar surface area (TPSA) is 15.3 Å². The molecule has 0 spiro atoms. The number of piperazine rings is 1. The lowest BCUT2D eigenvalue weighted by Crippen LogP contribution is -2.50. The van der Waals surface area contributed by atoms with E-state index in [0.717, 1.165) is 24.7 Å². The van der Waals surface area contributed by atoms with Crippen LogP contribution in [0.4, 0.5) is 5.69 Å². The van der Waals surface area contributed by atoms with Gasteiger partial charge in [-0.15, -0.1) is 0 Å². The van der Waals surface area contributed by atoms with Gasteiger partial charge in [-0.2, -0.15) is 0 Å². The molecule has 1 saturated heterocycles. The highest BCUT2D eigenvalue weighted by atomic mass is 35.5. The van der Waals surface area contributed by atoms with Gasteiger partial charge in [0, 0.05) is 25.7 Å². The number of nitrogens with one attached hydrogen (secondary N) is 1. The summed E-state index contributed by atoms with van der Waals surface area (Å²) in [6.45, 7) is 9.72. The molecule has 0 aliphatic carbocycles. The molecule has 2 nitrogen and oxygen atoms in total. The molecule has 1 aromatic rings. The van der Waals surface area contributed by atoms with Crippen molar-refractivity contribution in [3.05, 3.63) is 28.8 Å². The van der Waals surface area contributed by atoms with E-state index in [1.54, 1.807) is 0 Å². The maximum absolute atomic E-state index is 6.41. The van der Waals surface area contributed by atoms with Crippen molar-refractivity contribution in [3.63, 3.8) is 0 Å². The molecule has 1 aliphatic rings. The predicted octanol–water partition coefficient (Wildman–Crippen LogP) is 3.26. The summed E-state index contributed by atoms with van der Waals surface area (Å²) in [5, 5.41) is 4.28. The van der Waals surface area contributed by atoms with Crippen LogP contribution in [0.1, 0.15) is 32.3 Å². The average Bonchev–Trinajstić information content (AvgIpc) is 2.30. The monoisotopic (exact) mass is 252 g/mol. The molecule has 0 amide bonds. The molecule has 1 fully saturated rings. The Kier molecular flexibility index (Phi) is 3.95. The van der Waals surface area contributed by atoms with Gasteiger partial charge in [0.1, 0.15) is 0 Å². The van der Waals surface area contributed by atoms with E-state index in [4.69, 9.17) is 11.6 Å². The third-order valence-corrected chi connectivity index (χ3v) is 3.75. The fourth-order valence-corrected chi connectivity index (χ4v) is 2.61. The molecule has 1 atom stereocenters. The number of anilines is 1. The van der Waals surface area contributed by atoms with Gasteiger partial charge in [-0.3, -0.25) is 0 Å². The van der Waals surface area contributed by atoms with Crippen LogP contribution in [0.25, 0.3) is 0 Å². The van der Waals surface area contributed by atoms with Crippen molar-refractivity contribution < 1.29 is 0 Å². The van der Waals surface area contributed by atoms with Crippen LogP contribution in [0.15, 0.2) is 18.2 Å². The lowest BCUT2D eigenvalue weighted by Gasteiger charge is -2.36. The SMILES string of the molecule is CC(C)c1ccc(N2CCNCC2C)c(Cl)c1. The summed E-state index contributed by atoms with van der Waals surface area (Å²) in [5.41, 5.74) is 2.48. The molecule has 1 aliphatic heterocycles. The zero-order valence-electron chi connectivity index (χ0n) is 10.8. The molecule has 0 bridgehead atoms. The van der Waals surface area contributed by atoms with Crippen LogP contribution >= 0.6 is 11.6 Å². The normalized spacial score (nSPS) is 21.0. The van der Waals surface area contributed by atoms with Gasteiger partial charge in [-0.05, 0) is 30.5 Å². The summed E-state index contributed by atoms with van der Waals surface area (Å²) >= 11 is 6.41. The molecule has 0 aromatic heterocycles. The smallest absolute Gasteiger partial charge is 0.0642 e.